The number of hydrogen-bond acceptors (Lipinski definition) is 1. The molecule has 0 radical (unpaired) electrons. The van der Waals surface area contributed by atoms with Crippen LogP contribution in [0.5, 0.6) is 0 Å². The van der Waals surface area contributed by atoms with Gasteiger partial charge in [-0.05, 0) is 32.1 Å². The fourth-order valence-electron chi connectivity index (χ4n) is 1.82. The molecule has 0 aromatic heterocycles. The van der Waals surface area contributed by atoms with E-state index in [-0.39, 0.29) is 18.9 Å². The van der Waals surface area contributed by atoms with Gasteiger partial charge in [0, 0.05) is 12.8 Å². The Balaban J connectivity index is 2.27. The minimum Gasteiger partial charge on any atom is -0.393 e. The summed E-state index contributed by atoms with van der Waals surface area (Å²) in [4.78, 5) is 0. The molecule has 0 aromatic rings. The number of alkyl halides is 2. The molecule has 12 heavy (non-hydrogen) atoms. The quantitative estimate of drug-likeness (QED) is 0.689. The van der Waals surface area contributed by atoms with E-state index in [1.165, 1.54) is 0 Å². The molecular weight excluding hydrogens is 162 g/mol. The molecule has 1 fully saturated rings. The van der Waals surface area contributed by atoms with E-state index >= 15 is 0 Å². The predicted molar refractivity (Wildman–Crippen MR) is 43.2 cm³/mol. The van der Waals surface area contributed by atoms with Crippen LogP contribution >= 0.6 is 0 Å². The third-order valence-corrected chi connectivity index (χ3v) is 2.51. The molecule has 0 saturated heterocycles. The Labute approximate surface area is 71.8 Å². The third kappa shape index (κ3) is 3.05. The maximum Gasteiger partial charge on any atom is 0.248 e. The highest BCUT2D eigenvalue weighted by atomic mass is 19.3. The zero-order chi connectivity index (χ0) is 9.19. The Morgan fingerprint density at radius 1 is 1.42 bits per heavy atom. The van der Waals surface area contributed by atoms with Gasteiger partial charge in [0.1, 0.15) is 0 Å². The Kier molecular flexibility index (Phi) is 3.04. The van der Waals surface area contributed by atoms with Gasteiger partial charge >= 0.3 is 0 Å². The second-order valence-electron chi connectivity index (χ2n) is 3.88. The second kappa shape index (κ2) is 3.69. The zero-order valence-corrected chi connectivity index (χ0v) is 7.39. The summed E-state index contributed by atoms with van der Waals surface area (Å²) in [7, 11) is 0. The van der Waals surface area contributed by atoms with Crippen molar-refractivity contribution in [1.82, 2.24) is 0 Å². The summed E-state index contributed by atoms with van der Waals surface area (Å²) in [6.45, 7) is 1.72. The lowest BCUT2D eigenvalue weighted by molar-refractivity contribution is -0.0499. The third-order valence-electron chi connectivity index (χ3n) is 2.51. The van der Waals surface area contributed by atoms with Crippen LogP contribution in [-0.4, -0.2) is 17.1 Å². The van der Waals surface area contributed by atoms with Crippen molar-refractivity contribution in [2.45, 2.75) is 51.1 Å². The lowest BCUT2D eigenvalue weighted by Crippen LogP contribution is -2.26. The van der Waals surface area contributed by atoms with Crippen molar-refractivity contribution < 1.29 is 13.9 Å². The summed E-state index contributed by atoms with van der Waals surface area (Å²) in [6.07, 6.45) is 1.47. The van der Waals surface area contributed by atoms with Gasteiger partial charge in [-0.2, -0.15) is 0 Å². The maximum absolute atomic E-state index is 12.7. The van der Waals surface area contributed by atoms with Gasteiger partial charge in [-0.25, -0.2) is 8.78 Å². The van der Waals surface area contributed by atoms with E-state index < -0.39 is 5.92 Å². The van der Waals surface area contributed by atoms with Gasteiger partial charge in [0.15, 0.2) is 0 Å². The average Bonchev–Trinajstić information content (AvgIpc) is 1.93. The highest BCUT2D eigenvalue weighted by Gasteiger charge is 2.34. The molecule has 0 unspecified atom stereocenters. The van der Waals surface area contributed by atoms with Crippen molar-refractivity contribution in [3.63, 3.8) is 0 Å². The van der Waals surface area contributed by atoms with Crippen molar-refractivity contribution in [1.29, 1.82) is 0 Å². The maximum atomic E-state index is 12.7. The van der Waals surface area contributed by atoms with Crippen LogP contribution in [0.25, 0.3) is 0 Å². The molecule has 1 rings (SSSR count). The molecule has 0 aliphatic heterocycles. The van der Waals surface area contributed by atoms with Gasteiger partial charge in [-0.1, -0.05) is 0 Å². The second-order valence-corrected chi connectivity index (χ2v) is 3.88. The monoisotopic (exact) mass is 178 g/mol. The molecule has 0 amide bonds. The number of aliphatic hydroxyl groups excluding tert-OH is 1. The van der Waals surface area contributed by atoms with Crippen LogP contribution in [0, 0.1) is 5.92 Å². The average molecular weight is 178 g/mol. The molecule has 72 valence electrons. The minimum atomic E-state index is -2.44. The van der Waals surface area contributed by atoms with Crippen LogP contribution in [0.4, 0.5) is 8.78 Å². The lowest BCUT2D eigenvalue weighted by Gasteiger charge is -2.28. The fraction of sp³-hybridized carbons (Fsp3) is 1.00. The minimum absolute atomic E-state index is 0.00435. The molecule has 0 aromatic carbocycles. The first-order valence-electron chi connectivity index (χ1n) is 4.55. The molecule has 3 heteroatoms. The number of halogens is 2. The van der Waals surface area contributed by atoms with Gasteiger partial charge in [0.2, 0.25) is 5.92 Å². The molecule has 0 heterocycles. The summed E-state index contributed by atoms with van der Waals surface area (Å²) < 4.78 is 25.3. The highest BCUT2D eigenvalue weighted by molar-refractivity contribution is 4.78. The van der Waals surface area contributed by atoms with Crippen LogP contribution in [-0.2, 0) is 0 Å². The first kappa shape index (κ1) is 9.90. The Morgan fingerprint density at radius 3 is 2.33 bits per heavy atom. The first-order chi connectivity index (χ1) is 5.49. The largest absolute Gasteiger partial charge is 0.393 e. The van der Waals surface area contributed by atoms with Gasteiger partial charge in [0.25, 0.3) is 0 Å². The van der Waals surface area contributed by atoms with Crippen molar-refractivity contribution in [3.05, 3.63) is 0 Å². The molecule has 1 nitrogen and oxygen atoms in total. The molecule has 1 aliphatic rings. The van der Waals surface area contributed by atoms with Crippen molar-refractivity contribution >= 4 is 0 Å². The van der Waals surface area contributed by atoms with E-state index in [0.717, 1.165) is 0 Å². The van der Waals surface area contributed by atoms with Crippen molar-refractivity contribution in [2.75, 3.05) is 0 Å². The van der Waals surface area contributed by atoms with E-state index in [0.29, 0.717) is 25.2 Å². The van der Waals surface area contributed by atoms with Crippen LogP contribution in [0.3, 0.4) is 0 Å². The fourth-order valence-corrected chi connectivity index (χ4v) is 1.82. The highest BCUT2D eigenvalue weighted by Crippen LogP contribution is 2.37. The molecular formula is C9H16F2O. The van der Waals surface area contributed by atoms with E-state index in [2.05, 4.69) is 0 Å². The summed E-state index contributed by atoms with van der Waals surface area (Å²) in [5, 5.41) is 9.05. The van der Waals surface area contributed by atoms with E-state index in [1.807, 2.05) is 0 Å². The normalized spacial score (nSPS) is 27.0. The summed E-state index contributed by atoms with van der Waals surface area (Å²) in [5.74, 6) is -2.13. The van der Waals surface area contributed by atoms with Crippen molar-refractivity contribution in [3.8, 4) is 0 Å². The van der Waals surface area contributed by atoms with Crippen LogP contribution < -0.4 is 0 Å². The smallest absolute Gasteiger partial charge is 0.248 e. The van der Waals surface area contributed by atoms with Crippen LogP contribution in [0.15, 0.2) is 0 Å². The molecule has 1 atom stereocenters. The summed E-state index contributed by atoms with van der Waals surface area (Å²) in [5.41, 5.74) is 0. The Hall–Kier alpha value is -0.180. The summed E-state index contributed by atoms with van der Waals surface area (Å²) in [6, 6.07) is 0. The molecule has 0 spiro atoms. The topological polar surface area (TPSA) is 20.2 Å². The SMILES string of the molecule is C[C@@H](O)CC1CCC(F)(F)CC1. The van der Waals surface area contributed by atoms with Crippen LogP contribution in [0.2, 0.25) is 0 Å². The Morgan fingerprint density at radius 2 is 1.92 bits per heavy atom. The summed E-state index contributed by atoms with van der Waals surface area (Å²) >= 11 is 0. The van der Waals surface area contributed by atoms with Crippen LogP contribution in [0.1, 0.15) is 39.0 Å². The van der Waals surface area contributed by atoms with Gasteiger partial charge in [-0.3, -0.25) is 0 Å². The van der Waals surface area contributed by atoms with Gasteiger partial charge in [0.05, 0.1) is 6.10 Å². The van der Waals surface area contributed by atoms with Gasteiger partial charge in [-0.15, -0.1) is 0 Å². The van der Waals surface area contributed by atoms with E-state index in [4.69, 9.17) is 5.11 Å². The van der Waals surface area contributed by atoms with Gasteiger partial charge < -0.3 is 5.11 Å². The number of rotatable bonds is 2. The van der Waals surface area contributed by atoms with E-state index in [9.17, 15) is 8.78 Å². The molecule has 0 bridgehead atoms. The number of hydrogen-bond donors (Lipinski definition) is 1. The zero-order valence-electron chi connectivity index (χ0n) is 7.39. The molecule has 1 saturated carbocycles. The molecule has 1 N–H and O–H groups in total. The standard InChI is InChI=1S/C9H16F2O/c1-7(12)6-8-2-4-9(10,11)5-3-8/h7-8,12H,2-6H2,1H3/t7-/m1/s1. The predicted octanol–water partition coefficient (Wildman–Crippen LogP) is 2.58. The Bertz CT molecular complexity index is 135. The van der Waals surface area contributed by atoms with E-state index in [1.54, 1.807) is 6.92 Å². The van der Waals surface area contributed by atoms with Crippen molar-refractivity contribution in [2.24, 2.45) is 5.92 Å². The molecule has 1 aliphatic carbocycles. The first-order valence-corrected chi connectivity index (χ1v) is 4.55. The lowest BCUT2D eigenvalue weighted by atomic mass is 9.84. The number of aliphatic hydroxyl groups is 1.